The van der Waals surface area contributed by atoms with E-state index < -0.39 is 11.8 Å². The molecule has 2 N–H and O–H groups in total. The molecule has 2 aliphatic heterocycles. The third-order valence-electron chi connectivity index (χ3n) is 5.49. The minimum Gasteiger partial charge on any atom is -0.475 e. The fourth-order valence-electron chi connectivity index (χ4n) is 3.73. The fraction of sp³-hybridized carbons (Fsp3) is 0.409. The minimum absolute atomic E-state index is 0.0639. The topological polar surface area (TPSA) is 143 Å². The Labute approximate surface area is 194 Å². The van der Waals surface area contributed by atoms with E-state index in [4.69, 9.17) is 18.6 Å². The standard InChI is InChI=1S/C22H24N6O6/c29-20-17-13-34-22(26-17)14-1-4-23-18(11-14)33-10-9-32-8-5-24-21(30)19-16(25-20)12-28(27-19)15-2-6-31-7-3-15/h1,4,11-13,15H,2-3,5-10H2,(H,24,30)(H,25,29). The van der Waals surface area contributed by atoms with Crippen molar-refractivity contribution in [2.24, 2.45) is 0 Å². The van der Waals surface area contributed by atoms with Gasteiger partial charge in [0, 0.05) is 43.8 Å². The maximum absolute atomic E-state index is 12.9. The molecule has 4 bridgehead atoms. The number of pyridine rings is 1. The average Bonchev–Trinajstić information content (AvgIpc) is 3.52. The molecule has 5 heterocycles. The lowest BCUT2D eigenvalue weighted by atomic mass is 10.1. The van der Waals surface area contributed by atoms with Gasteiger partial charge >= 0.3 is 0 Å². The van der Waals surface area contributed by atoms with Crippen LogP contribution in [0.15, 0.2) is 35.2 Å². The molecular formula is C22H24N6O6. The monoisotopic (exact) mass is 468 g/mol. The Hall–Kier alpha value is -3.77. The van der Waals surface area contributed by atoms with Crippen LogP contribution in [0.25, 0.3) is 11.5 Å². The molecule has 2 aliphatic rings. The van der Waals surface area contributed by atoms with Gasteiger partial charge < -0.3 is 29.3 Å². The van der Waals surface area contributed by atoms with E-state index in [0.717, 1.165) is 12.8 Å². The van der Waals surface area contributed by atoms with E-state index in [0.29, 0.717) is 43.6 Å². The third-order valence-corrected chi connectivity index (χ3v) is 5.49. The van der Waals surface area contributed by atoms with E-state index in [-0.39, 0.29) is 36.5 Å². The van der Waals surface area contributed by atoms with Crippen molar-refractivity contribution < 1.29 is 28.2 Å². The lowest BCUT2D eigenvalue weighted by Crippen LogP contribution is -2.29. The number of rotatable bonds is 1. The number of carbonyl (C=O) groups excluding carboxylic acids is 2. The van der Waals surface area contributed by atoms with E-state index in [1.807, 2.05) is 0 Å². The molecule has 0 atom stereocenters. The summed E-state index contributed by atoms with van der Waals surface area (Å²) >= 11 is 0. The van der Waals surface area contributed by atoms with Gasteiger partial charge in [-0.25, -0.2) is 9.97 Å². The third kappa shape index (κ3) is 4.92. The predicted molar refractivity (Wildman–Crippen MR) is 118 cm³/mol. The van der Waals surface area contributed by atoms with Gasteiger partial charge in [0.1, 0.15) is 12.9 Å². The molecule has 3 aromatic rings. The Kier molecular flexibility index (Phi) is 6.49. The quantitative estimate of drug-likeness (QED) is 0.545. The van der Waals surface area contributed by atoms with Crippen LogP contribution in [-0.4, -0.2) is 71.1 Å². The Morgan fingerprint density at radius 1 is 1.03 bits per heavy atom. The molecule has 12 heteroatoms. The van der Waals surface area contributed by atoms with Crippen molar-refractivity contribution in [1.82, 2.24) is 25.1 Å². The predicted octanol–water partition coefficient (Wildman–Crippen LogP) is 1.68. The SMILES string of the molecule is O=C1Nc2cn(C3CCOCC3)nc2C(=O)NCCOCCOc2cc(ccn2)-c2nc1co2. The van der Waals surface area contributed by atoms with Gasteiger partial charge in [0.2, 0.25) is 11.8 Å². The normalized spacial score (nSPS) is 18.1. The van der Waals surface area contributed by atoms with E-state index in [9.17, 15) is 9.59 Å². The van der Waals surface area contributed by atoms with Gasteiger partial charge in [-0.2, -0.15) is 5.10 Å². The summed E-state index contributed by atoms with van der Waals surface area (Å²) in [6, 6.07) is 3.46. The van der Waals surface area contributed by atoms with Gasteiger partial charge in [0.05, 0.1) is 24.9 Å². The number of nitrogens with zero attached hydrogens (tertiary/aromatic N) is 4. The molecule has 178 valence electrons. The molecule has 0 spiro atoms. The van der Waals surface area contributed by atoms with Crippen LogP contribution in [0.4, 0.5) is 5.69 Å². The highest BCUT2D eigenvalue weighted by Crippen LogP contribution is 2.25. The number of carbonyl (C=O) groups is 2. The molecule has 0 aliphatic carbocycles. The molecule has 1 fully saturated rings. The van der Waals surface area contributed by atoms with Crippen LogP contribution in [0.5, 0.6) is 5.88 Å². The summed E-state index contributed by atoms with van der Waals surface area (Å²) in [6.45, 7) is 2.41. The molecule has 12 nitrogen and oxygen atoms in total. The van der Waals surface area contributed by atoms with Crippen LogP contribution in [0, 0.1) is 0 Å². The van der Waals surface area contributed by atoms with Crippen molar-refractivity contribution in [3.8, 4) is 17.3 Å². The van der Waals surface area contributed by atoms with Crippen molar-refractivity contribution >= 4 is 17.5 Å². The summed E-state index contributed by atoms with van der Waals surface area (Å²) in [4.78, 5) is 34.2. The highest BCUT2D eigenvalue weighted by Gasteiger charge is 2.24. The lowest BCUT2D eigenvalue weighted by molar-refractivity contribution is 0.0660. The van der Waals surface area contributed by atoms with E-state index >= 15 is 0 Å². The van der Waals surface area contributed by atoms with Crippen LogP contribution in [0.1, 0.15) is 39.9 Å². The first-order valence-electron chi connectivity index (χ1n) is 11.1. The number of hydrogen-bond acceptors (Lipinski definition) is 9. The minimum atomic E-state index is -0.523. The van der Waals surface area contributed by atoms with Crippen LogP contribution in [0.2, 0.25) is 0 Å². The van der Waals surface area contributed by atoms with Crippen molar-refractivity contribution in [2.45, 2.75) is 18.9 Å². The number of amides is 2. The Bertz CT molecular complexity index is 1170. The van der Waals surface area contributed by atoms with Crippen molar-refractivity contribution in [3.05, 3.63) is 42.2 Å². The Morgan fingerprint density at radius 2 is 1.88 bits per heavy atom. The number of fused-ring (bicyclic) bond motifs is 6. The molecule has 1 saturated heterocycles. The highest BCUT2D eigenvalue weighted by atomic mass is 16.5. The zero-order chi connectivity index (χ0) is 23.3. The number of anilines is 1. The van der Waals surface area contributed by atoms with Crippen LogP contribution in [0.3, 0.4) is 0 Å². The van der Waals surface area contributed by atoms with Gasteiger partial charge in [-0.1, -0.05) is 0 Å². The summed E-state index contributed by atoms with van der Waals surface area (Å²) < 4.78 is 23.8. The molecule has 34 heavy (non-hydrogen) atoms. The smallest absolute Gasteiger partial charge is 0.277 e. The molecule has 0 radical (unpaired) electrons. The maximum atomic E-state index is 12.9. The van der Waals surface area contributed by atoms with Gasteiger partial charge in [-0.15, -0.1) is 0 Å². The molecule has 0 unspecified atom stereocenters. The van der Waals surface area contributed by atoms with Crippen molar-refractivity contribution in [3.63, 3.8) is 0 Å². The summed E-state index contributed by atoms with van der Waals surface area (Å²) in [6.07, 6.45) is 6.04. The highest BCUT2D eigenvalue weighted by molar-refractivity contribution is 6.07. The van der Waals surface area contributed by atoms with E-state index in [1.165, 1.54) is 6.26 Å². The number of nitrogens with one attached hydrogen (secondary N) is 2. The van der Waals surface area contributed by atoms with Crippen molar-refractivity contribution in [2.75, 3.05) is 44.9 Å². The summed E-state index contributed by atoms with van der Waals surface area (Å²) in [5, 5.41) is 10.0. The first kappa shape index (κ1) is 22.0. The van der Waals surface area contributed by atoms with E-state index in [2.05, 4.69) is 25.7 Å². The fourth-order valence-corrected chi connectivity index (χ4v) is 3.73. The van der Waals surface area contributed by atoms with E-state index in [1.54, 1.807) is 29.2 Å². The summed E-state index contributed by atoms with van der Waals surface area (Å²) in [5.74, 6) is -0.317. The molecule has 3 aromatic heterocycles. The molecule has 0 aromatic carbocycles. The number of hydrogen-bond donors (Lipinski definition) is 2. The Balaban J connectivity index is 1.44. The Morgan fingerprint density at radius 3 is 2.76 bits per heavy atom. The molecule has 5 rings (SSSR count). The second-order valence-corrected chi connectivity index (χ2v) is 7.81. The van der Waals surface area contributed by atoms with Gasteiger partial charge in [0.25, 0.3) is 11.8 Å². The van der Waals surface area contributed by atoms with Crippen LogP contribution < -0.4 is 15.4 Å². The van der Waals surface area contributed by atoms with Crippen molar-refractivity contribution in [1.29, 1.82) is 0 Å². The zero-order valence-corrected chi connectivity index (χ0v) is 18.4. The zero-order valence-electron chi connectivity index (χ0n) is 18.4. The summed E-state index contributed by atoms with van der Waals surface area (Å²) in [7, 11) is 0. The number of ether oxygens (including phenoxy) is 3. The second kappa shape index (κ2) is 10.0. The molecular weight excluding hydrogens is 444 g/mol. The molecule has 0 saturated carbocycles. The lowest BCUT2D eigenvalue weighted by Gasteiger charge is -2.22. The van der Waals surface area contributed by atoms with Gasteiger partial charge in [-0.05, 0) is 18.9 Å². The average molecular weight is 468 g/mol. The summed E-state index contributed by atoms with van der Waals surface area (Å²) in [5.41, 5.74) is 1.08. The first-order valence-corrected chi connectivity index (χ1v) is 11.1. The van der Waals surface area contributed by atoms with Gasteiger partial charge in [-0.3, -0.25) is 14.3 Å². The second-order valence-electron chi connectivity index (χ2n) is 7.81. The maximum Gasteiger partial charge on any atom is 0.277 e. The first-order chi connectivity index (χ1) is 16.7. The molecule has 2 amide bonds. The number of aromatic nitrogens is 4. The van der Waals surface area contributed by atoms with Crippen LogP contribution >= 0.6 is 0 Å². The number of oxazole rings is 1. The van der Waals surface area contributed by atoms with Gasteiger partial charge in [0.15, 0.2) is 11.4 Å². The largest absolute Gasteiger partial charge is 0.475 e. The van der Waals surface area contributed by atoms with Crippen LogP contribution in [-0.2, 0) is 9.47 Å².